The Morgan fingerprint density at radius 3 is 2.90 bits per heavy atom. The van der Waals surface area contributed by atoms with E-state index in [1.54, 1.807) is 7.11 Å². The van der Waals surface area contributed by atoms with Gasteiger partial charge in [-0.3, -0.25) is 4.79 Å². The summed E-state index contributed by atoms with van der Waals surface area (Å²) in [5.74, 6) is 1.84. The number of hydrogen-bond acceptors (Lipinski definition) is 3. The van der Waals surface area contributed by atoms with E-state index in [0.29, 0.717) is 23.9 Å². The van der Waals surface area contributed by atoms with E-state index in [2.05, 4.69) is 6.92 Å². The Labute approximate surface area is 120 Å². The van der Waals surface area contributed by atoms with Crippen molar-refractivity contribution in [1.29, 1.82) is 0 Å². The van der Waals surface area contributed by atoms with E-state index in [1.165, 1.54) is 0 Å². The summed E-state index contributed by atoms with van der Waals surface area (Å²) in [6.07, 6.45) is 1.02. The Morgan fingerprint density at radius 2 is 2.25 bits per heavy atom. The third kappa shape index (κ3) is 2.96. The van der Waals surface area contributed by atoms with Gasteiger partial charge in [0.25, 0.3) is 5.91 Å². The van der Waals surface area contributed by atoms with Gasteiger partial charge in [0.1, 0.15) is 5.75 Å². The van der Waals surface area contributed by atoms with Crippen LogP contribution in [-0.2, 0) is 0 Å². The predicted molar refractivity (Wildman–Crippen MR) is 80.0 cm³/mol. The number of nitrogens with zero attached hydrogens (tertiary/aromatic N) is 1. The Balaban J connectivity index is 2.15. The molecule has 1 aliphatic rings. The minimum Gasteiger partial charge on any atom is -0.496 e. The van der Waals surface area contributed by atoms with E-state index >= 15 is 0 Å². The first-order chi connectivity index (χ1) is 9.56. The number of hydrogen-bond donors (Lipinski definition) is 1. The highest BCUT2D eigenvalue weighted by atomic mass is 16.5. The molecule has 4 nitrogen and oxygen atoms in total. The van der Waals surface area contributed by atoms with E-state index < -0.39 is 0 Å². The number of carbonyl (C=O) groups excluding carboxylic acids is 1. The molecule has 2 unspecified atom stereocenters. The molecule has 1 amide bonds. The average molecular weight is 276 g/mol. The van der Waals surface area contributed by atoms with Crippen LogP contribution in [0.5, 0.6) is 5.75 Å². The minimum atomic E-state index is 0.0775. The number of carbonyl (C=O) groups is 1. The molecular weight excluding hydrogens is 252 g/mol. The largest absolute Gasteiger partial charge is 0.496 e. The summed E-state index contributed by atoms with van der Waals surface area (Å²) in [5.41, 5.74) is 7.53. The molecule has 0 aliphatic carbocycles. The second-order valence-electron chi connectivity index (χ2n) is 5.70. The van der Waals surface area contributed by atoms with Crippen LogP contribution in [0.3, 0.4) is 0 Å². The minimum absolute atomic E-state index is 0.0775. The molecule has 2 atom stereocenters. The number of methoxy groups -OCH3 is 1. The van der Waals surface area contributed by atoms with Crippen LogP contribution in [0.15, 0.2) is 18.2 Å². The number of aryl methyl sites for hydroxylation is 1. The first-order valence-corrected chi connectivity index (χ1v) is 7.20. The highest BCUT2D eigenvalue weighted by molar-refractivity contribution is 5.94. The van der Waals surface area contributed by atoms with Crippen molar-refractivity contribution < 1.29 is 9.53 Å². The molecule has 0 spiro atoms. The third-order valence-corrected chi connectivity index (χ3v) is 4.36. The lowest BCUT2D eigenvalue weighted by Gasteiger charge is -2.36. The fraction of sp³-hybridized carbons (Fsp3) is 0.562. The smallest absolute Gasteiger partial charge is 0.253 e. The average Bonchev–Trinajstić information content (AvgIpc) is 2.47. The number of rotatable bonds is 3. The zero-order chi connectivity index (χ0) is 14.7. The Bertz CT molecular complexity index is 487. The van der Waals surface area contributed by atoms with Gasteiger partial charge in [0, 0.05) is 18.7 Å². The highest BCUT2D eigenvalue weighted by Crippen LogP contribution is 2.25. The standard InChI is InChI=1S/C16H24N2O2/c1-11-6-7-18(10-14(11)9-17)16(19)13-5-4-12(2)15(8-13)20-3/h4-5,8,11,14H,6-7,9-10,17H2,1-3H3. The summed E-state index contributed by atoms with van der Waals surface area (Å²) in [6, 6.07) is 5.63. The molecule has 2 N–H and O–H groups in total. The molecule has 1 heterocycles. The number of amides is 1. The van der Waals surface area contributed by atoms with Crippen LogP contribution in [-0.4, -0.2) is 37.6 Å². The molecule has 1 aliphatic heterocycles. The van der Waals surface area contributed by atoms with Crippen LogP contribution < -0.4 is 10.5 Å². The summed E-state index contributed by atoms with van der Waals surface area (Å²) in [7, 11) is 1.63. The molecule has 1 aromatic rings. The summed E-state index contributed by atoms with van der Waals surface area (Å²) in [6.45, 7) is 6.40. The molecule has 2 rings (SSSR count). The van der Waals surface area contributed by atoms with Crippen molar-refractivity contribution in [2.45, 2.75) is 20.3 Å². The lowest BCUT2D eigenvalue weighted by Crippen LogP contribution is -2.45. The quantitative estimate of drug-likeness (QED) is 0.919. The van der Waals surface area contributed by atoms with Crippen LogP contribution in [0.25, 0.3) is 0 Å². The van der Waals surface area contributed by atoms with Crippen molar-refractivity contribution in [3.8, 4) is 5.75 Å². The fourth-order valence-corrected chi connectivity index (χ4v) is 2.78. The van der Waals surface area contributed by atoms with E-state index in [9.17, 15) is 4.79 Å². The molecule has 1 fully saturated rings. The molecule has 4 heteroatoms. The van der Waals surface area contributed by atoms with Crippen molar-refractivity contribution >= 4 is 5.91 Å². The molecule has 20 heavy (non-hydrogen) atoms. The van der Waals surface area contributed by atoms with Gasteiger partial charge in [-0.05, 0) is 49.4 Å². The maximum absolute atomic E-state index is 12.6. The molecular formula is C16H24N2O2. The molecule has 0 saturated carbocycles. The molecule has 0 bridgehead atoms. The van der Waals surface area contributed by atoms with E-state index in [4.69, 9.17) is 10.5 Å². The Kier molecular flexibility index (Phi) is 4.65. The van der Waals surface area contributed by atoms with Crippen molar-refractivity contribution in [3.05, 3.63) is 29.3 Å². The van der Waals surface area contributed by atoms with Gasteiger partial charge in [0.05, 0.1) is 7.11 Å². The highest BCUT2D eigenvalue weighted by Gasteiger charge is 2.28. The van der Waals surface area contributed by atoms with Gasteiger partial charge in [-0.1, -0.05) is 13.0 Å². The molecule has 1 aromatic carbocycles. The van der Waals surface area contributed by atoms with Gasteiger partial charge >= 0.3 is 0 Å². The number of benzene rings is 1. The van der Waals surface area contributed by atoms with Gasteiger partial charge in [-0.25, -0.2) is 0 Å². The van der Waals surface area contributed by atoms with Crippen LogP contribution in [0.4, 0.5) is 0 Å². The lowest BCUT2D eigenvalue weighted by molar-refractivity contribution is 0.0618. The normalized spacial score (nSPS) is 22.7. The third-order valence-electron chi connectivity index (χ3n) is 4.36. The van der Waals surface area contributed by atoms with Gasteiger partial charge in [0.2, 0.25) is 0 Å². The predicted octanol–water partition coefficient (Wildman–Crippen LogP) is 2.06. The zero-order valence-corrected chi connectivity index (χ0v) is 12.6. The topological polar surface area (TPSA) is 55.6 Å². The first-order valence-electron chi connectivity index (χ1n) is 7.20. The molecule has 1 saturated heterocycles. The van der Waals surface area contributed by atoms with Crippen molar-refractivity contribution in [1.82, 2.24) is 4.90 Å². The number of piperidine rings is 1. The number of ether oxygens (including phenoxy) is 1. The van der Waals surface area contributed by atoms with E-state index in [1.807, 2.05) is 30.0 Å². The number of likely N-dealkylation sites (tertiary alicyclic amines) is 1. The van der Waals surface area contributed by atoms with Gasteiger partial charge in [0.15, 0.2) is 0 Å². The summed E-state index contributed by atoms with van der Waals surface area (Å²) in [4.78, 5) is 14.5. The fourth-order valence-electron chi connectivity index (χ4n) is 2.78. The molecule has 0 aromatic heterocycles. The Hall–Kier alpha value is -1.55. The summed E-state index contributed by atoms with van der Waals surface area (Å²) < 4.78 is 5.29. The second kappa shape index (κ2) is 6.27. The van der Waals surface area contributed by atoms with Crippen LogP contribution in [0, 0.1) is 18.8 Å². The van der Waals surface area contributed by atoms with Crippen LogP contribution in [0.1, 0.15) is 29.3 Å². The van der Waals surface area contributed by atoms with Gasteiger partial charge in [-0.15, -0.1) is 0 Å². The molecule has 0 radical (unpaired) electrons. The second-order valence-corrected chi connectivity index (χ2v) is 5.70. The maximum Gasteiger partial charge on any atom is 0.253 e. The first kappa shape index (κ1) is 14.9. The van der Waals surface area contributed by atoms with E-state index in [-0.39, 0.29) is 5.91 Å². The maximum atomic E-state index is 12.6. The zero-order valence-electron chi connectivity index (χ0n) is 12.6. The van der Waals surface area contributed by atoms with Gasteiger partial charge < -0.3 is 15.4 Å². The van der Waals surface area contributed by atoms with Crippen LogP contribution in [0.2, 0.25) is 0 Å². The Morgan fingerprint density at radius 1 is 1.50 bits per heavy atom. The van der Waals surface area contributed by atoms with Crippen molar-refractivity contribution in [2.75, 3.05) is 26.7 Å². The van der Waals surface area contributed by atoms with Crippen molar-refractivity contribution in [2.24, 2.45) is 17.6 Å². The summed E-state index contributed by atoms with van der Waals surface area (Å²) >= 11 is 0. The van der Waals surface area contributed by atoms with Crippen molar-refractivity contribution in [3.63, 3.8) is 0 Å². The van der Waals surface area contributed by atoms with Crippen LogP contribution >= 0.6 is 0 Å². The SMILES string of the molecule is COc1cc(C(=O)N2CCC(C)C(CN)C2)ccc1C. The summed E-state index contributed by atoms with van der Waals surface area (Å²) in [5, 5.41) is 0. The van der Waals surface area contributed by atoms with E-state index in [0.717, 1.165) is 30.8 Å². The monoisotopic (exact) mass is 276 g/mol. The lowest BCUT2D eigenvalue weighted by atomic mass is 9.87. The molecule has 110 valence electrons. The number of nitrogens with two attached hydrogens (primary N) is 1. The van der Waals surface area contributed by atoms with Gasteiger partial charge in [-0.2, -0.15) is 0 Å².